The number of hydrogen-bond acceptors (Lipinski definition) is 2. The van der Waals surface area contributed by atoms with Crippen LogP contribution in [0.25, 0.3) is 0 Å². The molecule has 1 aromatic rings. The summed E-state index contributed by atoms with van der Waals surface area (Å²) in [5.74, 6) is 0. The SMILES string of the molecule is CC1(CO[Si](C)(C)C(C)(C)C)CCCc2cccc(C=O)c21. The number of aldehydes is 1. The van der Waals surface area contributed by atoms with Crippen molar-refractivity contribution in [3.63, 3.8) is 0 Å². The zero-order chi connectivity index (χ0) is 16.6. The van der Waals surface area contributed by atoms with Crippen LogP contribution in [0.2, 0.25) is 18.1 Å². The zero-order valence-electron chi connectivity index (χ0n) is 15.0. The van der Waals surface area contributed by atoms with Crippen LogP contribution in [0.3, 0.4) is 0 Å². The number of rotatable bonds is 4. The standard InChI is InChI=1S/C19H30O2Si/c1-18(2,3)22(5,6)21-14-19(4)12-8-11-15-9-7-10-16(13-20)17(15)19/h7,9-10,13H,8,11-12,14H2,1-6H3. The molecule has 0 saturated heterocycles. The molecule has 3 heteroatoms. The molecule has 0 N–H and O–H groups in total. The van der Waals surface area contributed by atoms with E-state index in [0.29, 0.717) is 0 Å². The molecular formula is C19H30O2Si. The molecule has 1 aliphatic carbocycles. The smallest absolute Gasteiger partial charge is 0.192 e. The van der Waals surface area contributed by atoms with Gasteiger partial charge in [-0.25, -0.2) is 0 Å². The Morgan fingerprint density at radius 3 is 2.59 bits per heavy atom. The van der Waals surface area contributed by atoms with Crippen molar-refractivity contribution in [2.45, 2.75) is 70.5 Å². The van der Waals surface area contributed by atoms with Gasteiger partial charge in [0, 0.05) is 17.6 Å². The molecule has 1 aliphatic rings. The Hall–Kier alpha value is -0.933. The summed E-state index contributed by atoms with van der Waals surface area (Å²) in [5.41, 5.74) is 3.37. The monoisotopic (exact) mass is 318 g/mol. The van der Waals surface area contributed by atoms with Gasteiger partial charge in [-0.1, -0.05) is 45.9 Å². The Labute approximate surface area is 136 Å². The largest absolute Gasteiger partial charge is 0.416 e. The highest BCUT2D eigenvalue weighted by Crippen LogP contribution is 2.42. The number of hydrogen-bond donors (Lipinski definition) is 0. The second-order valence-electron chi connectivity index (χ2n) is 8.46. The molecule has 2 nitrogen and oxygen atoms in total. The van der Waals surface area contributed by atoms with Crippen LogP contribution in [-0.2, 0) is 16.3 Å². The molecule has 1 unspecified atom stereocenters. The summed E-state index contributed by atoms with van der Waals surface area (Å²) in [5, 5.41) is 0.213. The zero-order valence-corrected chi connectivity index (χ0v) is 16.0. The summed E-state index contributed by atoms with van der Waals surface area (Å²) >= 11 is 0. The van der Waals surface area contributed by atoms with Crippen LogP contribution >= 0.6 is 0 Å². The van der Waals surface area contributed by atoms with E-state index >= 15 is 0 Å². The van der Waals surface area contributed by atoms with Crippen LogP contribution in [0.5, 0.6) is 0 Å². The number of carbonyl (C=O) groups is 1. The lowest BCUT2D eigenvalue weighted by Crippen LogP contribution is -2.45. The van der Waals surface area contributed by atoms with Crippen LogP contribution in [-0.4, -0.2) is 21.2 Å². The summed E-state index contributed by atoms with van der Waals surface area (Å²) in [6.45, 7) is 14.4. The van der Waals surface area contributed by atoms with Gasteiger partial charge in [0.25, 0.3) is 0 Å². The molecule has 0 fully saturated rings. The van der Waals surface area contributed by atoms with Crippen LogP contribution < -0.4 is 0 Å². The summed E-state index contributed by atoms with van der Waals surface area (Å²) in [4.78, 5) is 11.5. The van der Waals surface area contributed by atoms with Crippen molar-refractivity contribution in [1.29, 1.82) is 0 Å². The van der Waals surface area contributed by atoms with E-state index in [-0.39, 0.29) is 10.5 Å². The van der Waals surface area contributed by atoms with Gasteiger partial charge < -0.3 is 4.43 Å². The Morgan fingerprint density at radius 2 is 2.00 bits per heavy atom. The number of aryl methyl sites for hydroxylation is 1. The summed E-state index contributed by atoms with van der Waals surface area (Å²) in [6.07, 6.45) is 4.35. The van der Waals surface area contributed by atoms with E-state index in [1.165, 1.54) is 17.5 Å². The first kappa shape index (κ1) is 17.4. The topological polar surface area (TPSA) is 26.3 Å². The predicted molar refractivity (Wildman–Crippen MR) is 95.3 cm³/mol. The fourth-order valence-corrected chi connectivity index (χ4v) is 4.27. The van der Waals surface area contributed by atoms with Crippen LogP contribution in [0.1, 0.15) is 62.0 Å². The summed E-state index contributed by atoms with van der Waals surface area (Å²) < 4.78 is 6.52. The molecule has 0 amide bonds. The van der Waals surface area contributed by atoms with Crippen molar-refractivity contribution >= 4 is 14.6 Å². The second-order valence-corrected chi connectivity index (χ2v) is 13.3. The first-order valence-electron chi connectivity index (χ1n) is 8.32. The van der Waals surface area contributed by atoms with E-state index in [1.807, 2.05) is 12.1 Å². The third-order valence-electron chi connectivity index (χ3n) is 5.65. The number of fused-ring (bicyclic) bond motifs is 1. The molecule has 2 rings (SSSR count). The predicted octanol–water partition coefficient (Wildman–Crippen LogP) is 5.11. The van der Waals surface area contributed by atoms with E-state index in [4.69, 9.17) is 4.43 Å². The van der Waals surface area contributed by atoms with Crippen molar-refractivity contribution < 1.29 is 9.22 Å². The van der Waals surface area contributed by atoms with Crippen molar-refractivity contribution in [2.75, 3.05) is 6.61 Å². The van der Waals surface area contributed by atoms with Gasteiger partial charge in [0.2, 0.25) is 0 Å². The average Bonchev–Trinajstić information content (AvgIpc) is 2.44. The van der Waals surface area contributed by atoms with Crippen molar-refractivity contribution in [3.05, 3.63) is 34.9 Å². The minimum atomic E-state index is -1.77. The molecule has 0 spiro atoms. The maximum absolute atomic E-state index is 11.5. The van der Waals surface area contributed by atoms with E-state index in [2.05, 4.69) is 46.9 Å². The minimum Gasteiger partial charge on any atom is -0.416 e. The van der Waals surface area contributed by atoms with Gasteiger partial charge >= 0.3 is 0 Å². The second kappa shape index (κ2) is 5.93. The lowest BCUT2D eigenvalue weighted by Gasteiger charge is -2.42. The average molecular weight is 319 g/mol. The van der Waals surface area contributed by atoms with Gasteiger partial charge in [-0.15, -0.1) is 0 Å². The maximum atomic E-state index is 11.5. The van der Waals surface area contributed by atoms with E-state index < -0.39 is 8.32 Å². The molecule has 22 heavy (non-hydrogen) atoms. The molecule has 1 aromatic carbocycles. The van der Waals surface area contributed by atoms with Gasteiger partial charge in [0.05, 0.1) is 0 Å². The first-order valence-corrected chi connectivity index (χ1v) is 11.2. The number of carbonyl (C=O) groups excluding carboxylic acids is 1. The van der Waals surface area contributed by atoms with Crippen LogP contribution in [0, 0.1) is 0 Å². The lowest BCUT2D eigenvalue weighted by molar-refractivity contribution is 0.111. The van der Waals surface area contributed by atoms with Crippen molar-refractivity contribution in [3.8, 4) is 0 Å². The Morgan fingerprint density at radius 1 is 1.32 bits per heavy atom. The third kappa shape index (κ3) is 3.20. The summed E-state index contributed by atoms with van der Waals surface area (Å²) in [6, 6.07) is 6.12. The fraction of sp³-hybridized carbons (Fsp3) is 0.632. The van der Waals surface area contributed by atoms with Gasteiger partial charge in [-0.05, 0) is 48.5 Å². The molecule has 0 aliphatic heterocycles. The van der Waals surface area contributed by atoms with E-state index in [0.717, 1.165) is 31.3 Å². The molecule has 0 heterocycles. The minimum absolute atomic E-state index is 0.0411. The quantitative estimate of drug-likeness (QED) is 0.569. The highest BCUT2D eigenvalue weighted by atomic mass is 28.4. The Balaban J connectivity index is 2.32. The Kier molecular flexibility index (Phi) is 4.70. The van der Waals surface area contributed by atoms with Gasteiger partial charge in [-0.2, -0.15) is 0 Å². The fourth-order valence-electron chi connectivity index (χ4n) is 3.16. The van der Waals surface area contributed by atoms with Crippen molar-refractivity contribution in [1.82, 2.24) is 0 Å². The first-order chi connectivity index (χ1) is 10.1. The summed E-state index contributed by atoms with van der Waals surface area (Å²) in [7, 11) is -1.77. The number of benzene rings is 1. The van der Waals surface area contributed by atoms with Crippen molar-refractivity contribution in [2.24, 2.45) is 0 Å². The molecular weight excluding hydrogens is 288 g/mol. The van der Waals surface area contributed by atoms with Crippen LogP contribution in [0.15, 0.2) is 18.2 Å². The molecule has 0 aromatic heterocycles. The van der Waals surface area contributed by atoms with Gasteiger partial charge in [0.15, 0.2) is 8.32 Å². The van der Waals surface area contributed by atoms with Gasteiger partial charge in [-0.3, -0.25) is 4.79 Å². The van der Waals surface area contributed by atoms with E-state index in [1.54, 1.807) is 0 Å². The maximum Gasteiger partial charge on any atom is 0.192 e. The molecule has 122 valence electrons. The normalized spacial score (nSPS) is 22.3. The van der Waals surface area contributed by atoms with E-state index in [9.17, 15) is 4.79 Å². The van der Waals surface area contributed by atoms with Crippen LogP contribution in [0.4, 0.5) is 0 Å². The molecule has 0 bridgehead atoms. The molecule has 0 saturated carbocycles. The molecule has 0 radical (unpaired) electrons. The Bertz CT molecular complexity index is 557. The molecule has 1 atom stereocenters. The third-order valence-corrected chi connectivity index (χ3v) is 10.1. The van der Waals surface area contributed by atoms with Gasteiger partial charge in [0.1, 0.15) is 6.29 Å². The highest BCUT2D eigenvalue weighted by Gasteiger charge is 2.41. The highest BCUT2D eigenvalue weighted by molar-refractivity contribution is 6.74. The lowest BCUT2D eigenvalue weighted by atomic mass is 9.70.